The summed E-state index contributed by atoms with van der Waals surface area (Å²) in [7, 11) is 1.18. The molecule has 0 saturated heterocycles. The van der Waals surface area contributed by atoms with Gasteiger partial charge in [-0.1, -0.05) is 27.7 Å². The second kappa shape index (κ2) is 12.7. The van der Waals surface area contributed by atoms with Gasteiger partial charge in [-0.05, 0) is 49.9 Å². The molecular weight excluding hydrogens is 575 g/mol. The minimum absolute atomic E-state index is 0.0847. The molecule has 34 heavy (non-hydrogen) atoms. The highest BCUT2D eigenvalue weighted by Crippen LogP contribution is 2.39. The molecule has 1 aliphatic heterocycles. The number of nitro benzene ring substituents is 1. The molecule has 1 aromatic heterocycles. The van der Waals surface area contributed by atoms with E-state index < -0.39 is 28.5 Å². The lowest BCUT2D eigenvalue weighted by atomic mass is 9.92. The van der Waals surface area contributed by atoms with Crippen LogP contribution >= 0.6 is 30.1 Å². The predicted molar refractivity (Wildman–Crippen MR) is 141 cm³/mol. The molecule has 6 nitrogen and oxygen atoms in total. The molecule has 1 unspecified atom stereocenters. The lowest BCUT2D eigenvalue weighted by Crippen LogP contribution is -2.40. The molecule has 1 atom stereocenters. The number of carbonyl (C=O) groups is 1. The number of aromatic nitrogens is 1. The summed E-state index contributed by atoms with van der Waals surface area (Å²) in [5.74, 6) is 0.730. The van der Waals surface area contributed by atoms with E-state index in [1.807, 2.05) is 48.9 Å². The van der Waals surface area contributed by atoms with Crippen LogP contribution < -0.4 is 0 Å². The highest BCUT2D eigenvalue weighted by atomic mass is 127. The van der Waals surface area contributed by atoms with Gasteiger partial charge < -0.3 is 9.88 Å². The summed E-state index contributed by atoms with van der Waals surface area (Å²) in [6.45, 7) is 8.29. The molecule has 3 aromatic rings. The third-order valence-corrected chi connectivity index (χ3v) is 5.87. The summed E-state index contributed by atoms with van der Waals surface area (Å²) in [5.41, 5.74) is 1.94. The third-order valence-electron chi connectivity index (χ3n) is 5.03. The standard InChI is InChI=1S/C20H12F2IN3O3S.2C2H6/c21-12-9-15-14-5-7-25(17(27)6-8-30-23)20(19(14)24-18(15)16(22)10-12)11-1-3-13(4-2-11)26(28)29;2*1-2/h1-4,9-10,20,24H,5,7H2;2*1-2H3. The molecule has 4 rings (SSSR count). The number of nitro groups is 1. The van der Waals surface area contributed by atoms with Crippen molar-refractivity contribution in [3.8, 4) is 11.2 Å². The second-order valence-electron chi connectivity index (χ2n) is 6.63. The first-order valence-corrected chi connectivity index (χ1v) is 14.1. The smallest absolute Gasteiger partial charge is 0.300 e. The molecule has 0 aliphatic carbocycles. The number of fused-ring (bicyclic) bond motifs is 3. The number of aromatic amines is 1. The van der Waals surface area contributed by atoms with Gasteiger partial charge in [-0.3, -0.25) is 14.9 Å². The molecule has 0 radical (unpaired) electrons. The Kier molecular flexibility index (Phi) is 10.3. The average Bonchev–Trinajstić information content (AvgIpc) is 3.23. The van der Waals surface area contributed by atoms with Crippen molar-refractivity contribution in [2.45, 2.75) is 40.2 Å². The van der Waals surface area contributed by atoms with Crippen molar-refractivity contribution in [3.05, 3.63) is 75.0 Å². The van der Waals surface area contributed by atoms with Crippen LogP contribution in [-0.2, 0) is 11.2 Å². The van der Waals surface area contributed by atoms with Crippen LogP contribution in [0.5, 0.6) is 0 Å². The van der Waals surface area contributed by atoms with Crippen LogP contribution in [0.1, 0.15) is 50.6 Å². The van der Waals surface area contributed by atoms with Gasteiger partial charge in [0.15, 0.2) is 0 Å². The number of non-ortho nitro benzene ring substituents is 1. The van der Waals surface area contributed by atoms with Gasteiger partial charge in [0, 0.05) is 63.0 Å². The van der Waals surface area contributed by atoms with Gasteiger partial charge >= 0.3 is 0 Å². The number of rotatable bonds is 2. The summed E-state index contributed by atoms with van der Waals surface area (Å²) in [6, 6.07) is 7.22. The van der Waals surface area contributed by atoms with E-state index in [0.717, 1.165) is 6.07 Å². The van der Waals surface area contributed by atoms with Gasteiger partial charge in [0.05, 0.1) is 16.5 Å². The topological polar surface area (TPSA) is 79.2 Å². The van der Waals surface area contributed by atoms with Crippen molar-refractivity contribution < 1.29 is 18.5 Å². The van der Waals surface area contributed by atoms with E-state index in [1.165, 1.54) is 32.0 Å². The zero-order chi connectivity index (χ0) is 25.4. The molecule has 0 saturated carbocycles. The average molecular weight is 599 g/mol. The van der Waals surface area contributed by atoms with E-state index in [1.54, 1.807) is 12.1 Å². The fourth-order valence-corrected chi connectivity index (χ4v) is 4.25. The molecule has 1 amide bonds. The minimum Gasteiger partial charge on any atom is -0.354 e. The maximum atomic E-state index is 14.4. The molecule has 180 valence electrons. The van der Waals surface area contributed by atoms with Crippen LogP contribution in [0.4, 0.5) is 14.5 Å². The van der Waals surface area contributed by atoms with Crippen molar-refractivity contribution in [2.75, 3.05) is 6.54 Å². The Hall–Kier alpha value is -2.65. The van der Waals surface area contributed by atoms with Crippen molar-refractivity contribution in [1.82, 2.24) is 9.88 Å². The lowest BCUT2D eigenvalue weighted by molar-refractivity contribution is -0.384. The summed E-state index contributed by atoms with van der Waals surface area (Å²) in [4.78, 5) is 27.8. The number of hydrogen-bond acceptors (Lipinski definition) is 4. The Bertz CT molecular complexity index is 1240. The molecular formula is C24H24F2IN3O3S. The van der Waals surface area contributed by atoms with Gasteiger partial charge in [-0.25, -0.2) is 8.78 Å². The highest BCUT2D eigenvalue weighted by molar-refractivity contribution is 14.2. The van der Waals surface area contributed by atoms with Crippen LogP contribution in [0.2, 0.25) is 0 Å². The van der Waals surface area contributed by atoms with Crippen LogP contribution in [-0.4, -0.2) is 27.3 Å². The number of amides is 1. The zero-order valence-electron chi connectivity index (χ0n) is 19.1. The van der Waals surface area contributed by atoms with E-state index in [4.69, 9.17) is 0 Å². The second-order valence-corrected chi connectivity index (χ2v) is 8.31. The quantitative estimate of drug-likeness (QED) is 0.150. The summed E-state index contributed by atoms with van der Waals surface area (Å²) < 4.78 is 28.2. The van der Waals surface area contributed by atoms with Gasteiger partial charge in [-0.2, -0.15) is 0 Å². The first-order chi connectivity index (χ1) is 16.4. The Morgan fingerprint density at radius 3 is 2.44 bits per heavy atom. The molecule has 10 heteroatoms. The number of benzene rings is 2. The molecule has 2 heterocycles. The Balaban J connectivity index is 0.000000970. The first-order valence-electron chi connectivity index (χ1n) is 10.7. The molecule has 0 spiro atoms. The minimum atomic E-state index is -0.721. The van der Waals surface area contributed by atoms with Gasteiger partial charge in [0.25, 0.3) is 11.6 Å². The molecule has 1 N–H and O–H groups in total. The van der Waals surface area contributed by atoms with Crippen molar-refractivity contribution >= 4 is 52.6 Å². The predicted octanol–water partition coefficient (Wildman–Crippen LogP) is 6.92. The Morgan fingerprint density at radius 1 is 1.21 bits per heavy atom. The largest absolute Gasteiger partial charge is 0.354 e. The fraction of sp³-hybridized carbons (Fsp3) is 0.292. The molecule has 2 aromatic carbocycles. The van der Waals surface area contributed by atoms with Crippen LogP contribution in [0, 0.1) is 32.9 Å². The number of hydrogen-bond donors (Lipinski definition) is 1. The number of halogens is 3. The maximum Gasteiger partial charge on any atom is 0.300 e. The highest BCUT2D eigenvalue weighted by Gasteiger charge is 2.35. The number of carbonyl (C=O) groups excluding carboxylic acids is 1. The van der Waals surface area contributed by atoms with E-state index in [9.17, 15) is 23.7 Å². The van der Waals surface area contributed by atoms with Crippen LogP contribution in [0.25, 0.3) is 10.9 Å². The van der Waals surface area contributed by atoms with Gasteiger partial charge in [-0.15, -0.1) is 0 Å². The van der Waals surface area contributed by atoms with Crippen molar-refractivity contribution in [3.63, 3.8) is 0 Å². The van der Waals surface area contributed by atoms with E-state index in [-0.39, 0.29) is 11.2 Å². The van der Waals surface area contributed by atoms with E-state index >= 15 is 0 Å². The first kappa shape index (κ1) is 27.6. The molecule has 1 aliphatic rings. The molecule has 0 fully saturated rings. The van der Waals surface area contributed by atoms with Crippen LogP contribution in [0.3, 0.4) is 0 Å². The maximum absolute atomic E-state index is 14.4. The van der Waals surface area contributed by atoms with E-state index in [2.05, 4.69) is 16.2 Å². The van der Waals surface area contributed by atoms with Crippen molar-refractivity contribution in [1.29, 1.82) is 0 Å². The monoisotopic (exact) mass is 599 g/mol. The summed E-state index contributed by atoms with van der Waals surface area (Å²) in [5, 5.41) is 14.1. The lowest BCUT2D eigenvalue weighted by Gasteiger charge is -2.35. The Labute approximate surface area is 213 Å². The Morgan fingerprint density at radius 2 is 1.85 bits per heavy atom. The zero-order valence-corrected chi connectivity index (χ0v) is 22.1. The number of nitrogens with one attached hydrogen (secondary N) is 1. The van der Waals surface area contributed by atoms with Crippen LogP contribution in [0.15, 0.2) is 36.4 Å². The van der Waals surface area contributed by atoms with Crippen molar-refractivity contribution in [2.24, 2.45) is 0 Å². The SMILES string of the molecule is CC.CC.O=C(C#CSI)N1CCc2c([nH]c3c(F)cc(F)cc23)C1c1ccc([N+](=O)[O-])cc1. The number of H-pyrrole nitrogens is 1. The van der Waals surface area contributed by atoms with Gasteiger partial charge in [0.2, 0.25) is 0 Å². The fourth-order valence-electron chi connectivity index (χ4n) is 3.79. The number of nitrogens with zero attached hydrogens (tertiary/aromatic N) is 2. The van der Waals surface area contributed by atoms with E-state index in [0.29, 0.717) is 35.2 Å². The third kappa shape index (κ3) is 5.70. The molecule has 0 bridgehead atoms. The van der Waals surface area contributed by atoms with Gasteiger partial charge in [0.1, 0.15) is 11.6 Å². The summed E-state index contributed by atoms with van der Waals surface area (Å²) in [6.07, 6.45) is 0.395. The summed E-state index contributed by atoms with van der Waals surface area (Å²) >= 11 is 1.96. The normalized spacial score (nSPS) is 14.0.